The van der Waals surface area contributed by atoms with Gasteiger partial charge in [-0.2, -0.15) is 0 Å². The minimum absolute atomic E-state index is 0.238. The van der Waals surface area contributed by atoms with Gasteiger partial charge in [-0.25, -0.2) is 0 Å². The average Bonchev–Trinajstić information content (AvgIpc) is 3.35. The molecule has 1 aliphatic rings. The van der Waals surface area contributed by atoms with Crippen LogP contribution in [-0.4, -0.2) is 43.3 Å². The van der Waals surface area contributed by atoms with Crippen LogP contribution in [0.25, 0.3) is 0 Å². The maximum atomic E-state index is 6.60. The SMILES string of the molecule is CCCCCCCCCCCCCCCC(Cl)[N+](C)(C)CC1CO1. The van der Waals surface area contributed by atoms with Crippen molar-refractivity contribution in [2.24, 2.45) is 0 Å². The largest absolute Gasteiger partial charge is 0.367 e. The molecule has 0 aromatic rings. The fourth-order valence-corrected chi connectivity index (χ4v) is 3.73. The van der Waals surface area contributed by atoms with Crippen LogP contribution in [0.3, 0.4) is 0 Å². The molecule has 0 aromatic carbocycles. The lowest BCUT2D eigenvalue weighted by molar-refractivity contribution is -0.902. The van der Waals surface area contributed by atoms with Crippen LogP contribution in [0.5, 0.6) is 0 Å². The zero-order chi connectivity index (χ0) is 17.7. The fourth-order valence-electron chi connectivity index (χ4n) is 3.49. The molecule has 1 aliphatic heterocycles. The van der Waals surface area contributed by atoms with E-state index < -0.39 is 0 Å². The molecule has 0 aliphatic carbocycles. The third-order valence-electron chi connectivity index (χ3n) is 5.38. The summed E-state index contributed by atoms with van der Waals surface area (Å²) in [6.07, 6.45) is 19.9. The molecule has 1 saturated heterocycles. The van der Waals surface area contributed by atoms with Gasteiger partial charge in [0.15, 0.2) is 5.50 Å². The minimum Gasteiger partial charge on any atom is -0.367 e. The second-order valence-corrected chi connectivity index (χ2v) is 8.89. The summed E-state index contributed by atoms with van der Waals surface area (Å²) in [5, 5.41) is 0. The number of quaternary nitrogens is 1. The van der Waals surface area contributed by atoms with Crippen LogP contribution in [0, 0.1) is 0 Å². The Labute approximate surface area is 156 Å². The first-order chi connectivity index (χ1) is 11.6. The van der Waals surface area contributed by atoms with Gasteiger partial charge >= 0.3 is 0 Å². The van der Waals surface area contributed by atoms with E-state index in [-0.39, 0.29) is 5.50 Å². The van der Waals surface area contributed by atoms with Crippen LogP contribution < -0.4 is 0 Å². The molecule has 1 rings (SSSR count). The van der Waals surface area contributed by atoms with E-state index in [4.69, 9.17) is 16.3 Å². The van der Waals surface area contributed by atoms with E-state index in [1.807, 2.05) is 0 Å². The van der Waals surface area contributed by atoms with Gasteiger partial charge in [-0.3, -0.25) is 0 Å². The van der Waals surface area contributed by atoms with Gasteiger partial charge < -0.3 is 9.22 Å². The Hall–Kier alpha value is 0.210. The van der Waals surface area contributed by atoms with Gasteiger partial charge in [-0.05, 0) is 6.42 Å². The number of alkyl halides is 1. The van der Waals surface area contributed by atoms with E-state index in [1.54, 1.807) is 0 Å². The normalized spacial score (nSPS) is 18.8. The van der Waals surface area contributed by atoms with Crippen molar-refractivity contribution in [1.82, 2.24) is 0 Å². The number of likely N-dealkylation sites (N-methyl/N-ethyl adjacent to an activating group) is 1. The third kappa shape index (κ3) is 11.7. The minimum atomic E-state index is 0.238. The lowest BCUT2D eigenvalue weighted by Crippen LogP contribution is -2.48. The van der Waals surface area contributed by atoms with E-state index in [1.165, 1.54) is 83.5 Å². The summed E-state index contributed by atoms with van der Waals surface area (Å²) in [6.45, 7) is 4.28. The van der Waals surface area contributed by atoms with Gasteiger partial charge in [-0.15, -0.1) is 0 Å². The number of ether oxygens (including phenoxy) is 1. The number of epoxide rings is 1. The van der Waals surface area contributed by atoms with Crippen molar-refractivity contribution < 1.29 is 9.22 Å². The quantitative estimate of drug-likeness (QED) is 0.0946. The van der Waals surface area contributed by atoms with Crippen LogP contribution in [0.1, 0.15) is 96.8 Å². The number of unbranched alkanes of at least 4 members (excludes halogenated alkanes) is 12. The first-order valence-corrected chi connectivity index (χ1v) is 11.1. The molecular weight excluding hydrogens is 318 g/mol. The molecule has 1 fully saturated rings. The number of nitrogens with zero attached hydrogens (tertiary/aromatic N) is 1. The number of hydrogen-bond donors (Lipinski definition) is 0. The number of rotatable bonds is 17. The second-order valence-electron chi connectivity index (χ2n) is 8.38. The smallest absolute Gasteiger partial charge is 0.164 e. The van der Waals surface area contributed by atoms with E-state index in [2.05, 4.69) is 21.0 Å². The van der Waals surface area contributed by atoms with Gasteiger partial charge in [0.25, 0.3) is 0 Å². The standard InChI is InChI=1S/C21H43ClNO/c1-4-5-6-7-8-9-10-11-12-13-14-15-16-17-21(22)23(2,3)18-20-19-24-20/h20-21H,4-19H2,1-3H3/q+1. The van der Waals surface area contributed by atoms with Gasteiger partial charge in [0.05, 0.1) is 20.7 Å². The van der Waals surface area contributed by atoms with Crippen LogP contribution in [0.15, 0.2) is 0 Å². The molecular formula is C21H43ClNO+. The highest BCUT2D eigenvalue weighted by Gasteiger charge is 2.35. The number of halogens is 1. The Bertz CT molecular complexity index is 292. The van der Waals surface area contributed by atoms with Crippen molar-refractivity contribution in [1.29, 1.82) is 0 Å². The lowest BCUT2D eigenvalue weighted by atomic mass is 10.0. The van der Waals surface area contributed by atoms with E-state index in [0.29, 0.717) is 6.10 Å². The zero-order valence-electron chi connectivity index (χ0n) is 16.7. The van der Waals surface area contributed by atoms with Crippen LogP contribution in [0.4, 0.5) is 0 Å². The fraction of sp³-hybridized carbons (Fsp3) is 1.00. The van der Waals surface area contributed by atoms with Gasteiger partial charge in [0, 0.05) is 6.42 Å². The molecule has 3 heteroatoms. The van der Waals surface area contributed by atoms with Crippen LogP contribution in [0.2, 0.25) is 0 Å². The second kappa shape index (κ2) is 13.4. The topological polar surface area (TPSA) is 12.5 Å². The Kier molecular flexibility index (Phi) is 12.4. The third-order valence-corrected chi connectivity index (χ3v) is 6.13. The van der Waals surface area contributed by atoms with Crippen molar-refractivity contribution in [3.63, 3.8) is 0 Å². The van der Waals surface area contributed by atoms with Gasteiger partial charge in [-0.1, -0.05) is 95.6 Å². The first kappa shape index (κ1) is 22.3. The molecule has 1 heterocycles. The van der Waals surface area contributed by atoms with Crippen LogP contribution in [-0.2, 0) is 4.74 Å². The maximum absolute atomic E-state index is 6.60. The molecule has 0 spiro atoms. The number of hydrogen-bond acceptors (Lipinski definition) is 1. The molecule has 144 valence electrons. The Balaban J connectivity index is 1.81. The van der Waals surface area contributed by atoms with Crippen molar-refractivity contribution in [2.75, 3.05) is 27.2 Å². The summed E-state index contributed by atoms with van der Waals surface area (Å²) < 4.78 is 6.24. The first-order valence-electron chi connectivity index (χ1n) is 10.6. The Morgan fingerprint density at radius 1 is 0.833 bits per heavy atom. The van der Waals surface area contributed by atoms with Crippen LogP contribution >= 0.6 is 11.6 Å². The van der Waals surface area contributed by atoms with E-state index in [9.17, 15) is 0 Å². The Morgan fingerprint density at radius 2 is 1.25 bits per heavy atom. The summed E-state index contributed by atoms with van der Waals surface area (Å²) in [5.74, 6) is 0. The summed E-state index contributed by atoms with van der Waals surface area (Å²) in [4.78, 5) is 0. The van der Waals surface area contributed by atoms with E-state index in [0.717, 1.165) is 24.1 Å². The maximum Gasteiger partial charge on any atom is 0.164 e. The molecule has 0 bridgehead atoms. The molecule has 2 unspecified atom stereocenters. The highest BCUT2D eigenvalue weighted by molar-refractivity contribution is 6.19. The van der Waals surface area contributed by atoms with Crippen molar-refractivity contribution in [3.05, 3.63) is 0 Å². The highest BCUT2D eigenvalue weighted by atomic mass is 35.5. The summed E-state index contributed by atoms with van der Waals surface area (Å²) >= 11 is 6.60. The van der Waals surface area contributed by atoms with Gasteiger partial charge in [0.2, 0.25) is 0 Å². The molecule has 2 atom stereocenters. The summed E-state index contributed by atoms with van der Waals surface area (Å²) in [7, 11) is 4.48. The zero-order valence-corrected chi connectivity index (χ0v) is 17.5. The summed E-state index contributed by atoms with van der Waals surface area (Å²) in [5.41, 5.74) is 0.238. The molecule has 0 radical (unpaired) electrons. The van der Waals surface area contributed by atoms with Crippen molar-refractivity contribution in [3.8, 4) is 0 Å². The summed E-state index contributed by atoms with van der Waals surface area (Å²) in [6, 6.07) is 0. The van der Waals surface area contributed by atoms with Crippen molar-refractivity contribution >= 4 is 11.6 Å². The molecule has 0 saturated carbocycles. The van der Waals surface area contributed by atoms with E-state index >= 15 is 0 Å². The Morgan fingerprint density at radius 3 is 1.67 bits per heavy atom. The lowest BCUT2D eigenvalue weighted by Gasteiger charge is -2.34. The molecule has 0 amide bonds. The molecule has 0 N–H and O–H groups in total. The molecule has 2 nitrogen and oxygen atoms in total. The highest BCUT2D eigenvalue weighted by Crippen LogP contribution is 2.23. The van der Waals surface area contributed by atoms with Crippen molar-refractivity contribution in [2.45, 2.75) is 108 Å². The monoisotopic (exact) mass is 360 g/mol. The van der Waals surface area contributed by atoms with Gasteiger partial charge in [0.1, 0.15) is 12.6 Å². The average molecular weight is 361 g/mol. The molecule has 0 aromatic heterocycles. The molecule has 24 heavy (non-hydrogen) atoms. The predicted molar refractivity (Wildman–Crippen MR) is 107 cm³/mol. The predicted octanol–water partition coefficient (Wildman–Crippen LogP) is 6.51.